The third kappa shape index (κ3) is 4.23. The summed E-state index contributed by atoms with van der Waals surface area (Å²) in [5.41, 5.74) is 1.52. The van der Waals surface area contributed by atoms with Gasteiger partial charge >= 0.3 is 0 Å². The molecule has 2 heterocycles. The van der Waals surface area contributed by atoms with E-state index in [1.807, 2.05) is 34.9 Å². The molecule has 1 aromatic carbocycles. The van der Waals surface area contributed by atoms with E-state index in [9.17, 15) is 4.79 Å². The van der Waals surface area contributed by atoms with Crippen molar-refractivity contribution in [2.24, 2.45) is 5.92 Å². The molecule has 0 atom stereocenters. The van der Waals surface area contributed by atoms with Gasteiger partial charge in [-0.25, -0.2) is 4.98 Å². The first-order chi connectivity index (χ1) is 11.7. The van der Waals surface area contributed by atoms with E-state index in [-0.39, 0.29) is 5.91 Å². The fraction of sp³-hybridized carbons (Fsp3) is 0.474. The summed E-state index contributed by atoms with van der Waals surface area (Å²) in [6, 6.07) is 9.81. The quantitative estimate of drug-likeness (QED) is 0.831. The maximum absolute atomic E-state index is 12.4. The van der Waals surface area contributed by atoms with Crippen LogP contribution in [-0.2, 0) is 0 Å². The number of likely N-dealkylation sites (tertiary alicyclic amines) is 1. The topological polar surface area (TPSA) is 50.2 Å². The van der Waals surface area contributed by atoms with Gasteiger partial charge in [-0.3, -0.25) is 9.36 Å². The highest BCUT2D eigenvalue weighted by molar-refractivity contribution is 5.92. The molecule has 1 aliphatic heterocycles. The van der Waals surface area contributed by atoms with Crippen molar-refractivity contribution >= 4 is 5.91 Å². The van der Waals surface area contributed by atoms with Crippen LogP contribution in [0, 0.1) is 5.92 Å². The number of carbonyl (C=O) groups excluding carboxylic acids is 1. The van der Waals surface area contributed by atoms with Crippen molar-refractivity contribution in [2.75, 3.05) is 26.2 Å². The van der Waals surface area contributed by atoms with Crippen LogP contribution in [0.4, 0.5) is 0 Å². The number of hydrogen-bond acceptors (Lipinski definition) is 3. The average molecular weight is 326 g/mol. The summed E-state index contributed by atoms with van der Waals surface area (Å²) in [5.74, 6) is 0.794. The molecule has 1 amide bonds. The molecule has 2 aromatic rings. The minimum absolute atomic E-state index is 0.0661. The molecule has 0 saturated carbocycles. The van der Waals surface area contributed by atoms with Crippen molar-refractivity contribution in [1.29, 1.82) is 0 Å². The van der Waals surface area contributed by atoms with Crippen LogP contribution in [0.3, 0.4) is 0 Å². The SMILES string of the molecule is CC1CCN(CCCNC(=O)c2cncn2-c2ccccc2)CC1. The van der Waals surface area contributed by atoms with E-state index in [2.05, 4.69) is 22.1 Å². The van der Waals surface area contributed by atoms with Crippen LogP contribution in [0.15, 0.2) is 42.9 Å². The molecule has 128 valence electrons. The van der Waals surface area contributed by atoms with Gasteiger partial charge in [-0.05, 0) is 56.9 Å². The van der Waals surface area contributed by atoms with Gasteiger partial charge in [-0.2, -0.15) is 0 Å². The number of imidazole rings is 1. The second-order valence-corrected chi connectivity index (χ2v) is 6.62. The zero-order valence-corrected chi connectivity index (χ0v) is 14.3. The third-order valence-electron chi connectivity index (χ3n) is 4.72. The minimum atomic E-state index is -0.0661. The molecule has 5 nitrogen and oxygen atoms in total. The molecule has 0 bridgehead atoms. The first kappa shape index (κ1) is 16.7. The first-order valence-corrected chi connectivity index (χ1v) is 8.82. The van der Waals surface area contributed by atoms with Crippen molar-refractivity contribution in [3.05, 3.63) is 48.5 Å². The summed E-state index contributed by atoms with van der Waals surface area (Å²) in [5, 5.41) is 3.02. The molecule has 1 aromatic heterocycles. The average Bonchev–Trinajstić information content (AvgIpc) is 3.11. The maximum Gasteiger partial charge on any atom is 0.269 e. The van der Waals surface area contributed by atoms with Crippen LogP contribution in [0.25, 0.3) is 5.69 Å². The number of nitrogens with zero attached hydrogens (tertiary/aromatic N) is 3. The molecule has 1 N–H and O–H groups in total. The van der Waals surface area contributed by atoms with E-state index >= 15 is 0 Å². The number of amides is 1. The van der Waals surface area contributed by atoms with E-state index in [0.717, 1.165) is 24.6 Å². The Morgan fingerprint density at radius 2 is 2.00 bits per heavy atom. The van der Waals surface area contributed by atoms with E-state index < -0.39 is 0 Å². The zero-order chi connectivity index (χ0) is 16.8. The van der Waals surface area contributed by atoms with E-state index in [1.54, 1.807) is 12.5 Å². The Bertz CT molecular complexity index is 644. The standard InChI is InChI=1S/C19H26N4O/c1-16-8-12-22(13-9-16)11-5-10-21-19(24)18-14-20-15-23(18)17-6-3-2-4-7-17/h2-4,6-7,14-16H,5,8-13H2,1H3,(H,21,24). The van der Waals surface area contributed by atoms with Gasteiger partial charge in [0.15, 0.2) is 0 Å². The normalized spacial score (nSPS) is 16.2. The van der Waals surface area contributed by atoms with Crippen molar-refractivity contribution in [3.8, 4) is 5.69 Å². The summed E-state index contributed by atoms with van der Waals surface area (Å²) in [6.07, 6.45) is 6.87. The van der Waals surface area contributed by atoms with Gasteiger partial charge in [0.1, 0.15) is 5.69 Å². The van der Waals surface area contributed by atoms with Crippen LogP contribution in [0.5, 0.6) is 0 Å². The van der Waals surface area contributed by atoms with Gasteiger partial charge in [0.05, 0.1) is 12.5 Å². The molecule has 1 saturated heterocycles. The Hall–Kier alpha value is -2.14. The highest BCUT2D eigenvalue weighted by Gasteiger charge is 2.16. The van der Waals surface area contributed by atoms with Crippen LogP contribution < -0.4 is 5.32 Å². The van der Waals surface area contributed by atoms with Crippen molar-refractivity contribution < 1.29 is 4.79 Å². The molecular weight excluding hydrogens is 300 g/mol. The van der Waals surface area contributed by atoms with Crippen molar-refractivity contribution in [1.82, 2.24) is 19.8 Å². The summed E-state index contributed by atoms with van der Waals surface area (Å²) >= 11 is 0. The number of hydrogen-bond donors (Lipinski definition) is 1. The lowest BCUT2D eigenvalue weighted by molar-refractivity contribution is 0.0944. The lowest BCUT2D eigenvalue weighted by Gasteiger charge is -2.30. The predicted octanol–water partition coefficient (Wildman–Crippen LogP) is 2.72. The molecule has 3 rings (SSSR count). The molecule has 0 unspecified atom stereocenters. The third-order valence-corrected chi connectivity index (χ3v) is 4.72. The van der Waals surface area contributed by atoms with Gasteiger partial charge < -0.3 is 10.2 Å². The van der Waals surface area contributed by atoms with Crippen molar-refractivity contribution in [2.45, 2.75) is 26.2 Å². The second kappa shape index (κ2) is 8.11. The Morgan fingerprint density at radius 1 is 1.25 bits per heavy atom. The number of rotatable bonds is 6. The largest absolute Gasteiger partial charge is 0.351 e. The van der Waals surface area contributed by atoms with Crippen LogP contribution >= 0.6 is 0 Å². The monoisotopic (exact) mass is 326 g/mol. The van der Waals surface area contributed by atoms with E-state index in [1.165, 1.54) is 25.9 Å². The van der Waals surface area contributed by atoms with E-state index in [4.69, 9.17) is 0 Å². The smallest absolute Gasteiger partial charge is 0.269 e. The number of benzene rings is 1. The van der Waals surface area contributed by atoms with E-state index in [0.29, 0.717) is 12.2 Å². The fourth-order valence-corrected chi connectivity index (χ4v) is 3.14. The second-order valence-electron chi connectivity index (χ2n) is 6.62. The summed E-state index contributed by atoms with van der Waals surface area (Å²) < 4.78 is 1.82. The van der Waals surface area contributed by atoms with Crippen molar-refractivity contribution in [3.63, 3.8) is 0 Å². The Labute approximate surface area is 143 Å². The Balaban J connectivity index is 1.47. The van der Waals surface area contributed by atoms with Gasteiger partial charge in [0.2, 0.25) is 0 Å². The highest BCUT2D eigenvalue weighted by Crippen LogP contribution is 2.15. The van der Waals surface area contributed by atoms with Crippen LogP contribution in [0.2, 0.25) is 0 Å². The molecular formula is C19H26N4O. The Morgan fingerprint density at radius 3 is 2.75 bits per heavy atom. The summed E-state index contributed by atoms with van der Waals surface area (Å²) in [6.45, 7) is 6.47. The zero-order valence-electron chi connectivity index (χ0n) is 14.3. The molecule has 0 radical (unpaired) electrons. The molecule has 1 aliphatic rings. The van der Waals surface area contributed by atoms with Crippen LogP contribution in [-0.4, -0.2) is 46.5 Å². The molecule has 1 fully saturated rings. The molecule has 24 heavy (non-hydrogen) atoms. The number of nitrogens with one attached hydrogen (secondary N) is 1. The number of carbonyl (C=O) groups is 1. The first-order valence-electron chi connectivity index (χ1n) is 8.82. The molecule has 0 spiro atoms. The molecule has 0 aliphatic carbocycles. The lowest BCUT2D eigenvalue weighted by atomic mass is 9.99. The Kier molecular flexibility index (Phi) is 5.64. The number of para-hydroxylation sites is 1. The predicted molar refractivity (Wildman–Crippen MR) is 95.4 cm³/mol. The van der Waals surface area contributed by atoms with Gasteiger partial charge in [0, 0.05) is 12.2 Å². The molecule has 5 heteroatoms. The fourth-order valence-electron chi connectivity index (χ4n) is 3.14. The maximum atomic E-state index is 12.4. The summed E-state index contributed by atoms with van der Waals surface area (Å²) in [7, 11) is 0. The van der Waals surface area contributed by atoms with Gasteiger partial charge in [-0.1, -0.05) is 25.1 Å². The lowest BCUT2D eigenvalue weighted by Crippen LogP contribution is -2.35. The van der Waals surface area contributed by atoms with Crippen LogP contribution in [0.1, 0.15) is 36.7 Å². The number of piperidine rings is 1. The number of aromatic nitrogens is 2. The van der Waals surface area contributed by atoms with Gasteiger partial charge in [-0.15, -0.1) is 0 Å². The summed E-state index contributed by atoms with van der Waals surface area (Å²) in [4.78, 5) is 19.0. The van der Waals surface area contributed by atoms with Gasteiger partial charge in [0.25, 0.3) is 5.91 Å². The highest BCUT2D eigenvalue weighted by atomic mass is 16.1. The minimum Gasteiger partial charge on any atom is -0.351 e.